The summed E-state index contributed by atoms with van der Waals surface area (Å²) in [6.45, 7) is 3.83. The van der Waals surface area contributed by atoms with Gasteiger partial charge in [0, 0.05) is 23.8 Å². The molecule has 0 radical (unpaired) electrons. The fourth-order valence-electron chi connectivity index (χ4n) is 3.89. The zero-order valence-corrected chi connectivity index (χ0v) is 19.7. The number of nitrogens with zero attached hydrogens (tertiary/aromatic N) is 1. The Bertz CT molecular complexity index is 1120. The molecule has 2 atom stereocenters. The van der Waals surface area contributed by atoms with E-state index in [4.69, 9.17) is 9.47 Å². The van der Waals surface area contributed by atoms with Crippen molar-refractivity contribution in [3.63, 3.8) is 0 Å². The molecule has 1 heterocycles. The van der Waals surface area contributed by atoms with Crippen LogP contribution in [0.5, 0.6) is 11.5 Å². The molecule has 1 fully saturated rings. The van der Waals surface area contributed by atoms with E-state index in [2.05, 4.69) is 4.72 Å². The topological polar surface area (TPSA) is 102 Å². The Morgan fingerprint density at radius 3 is 2.06 bits per heavy atom. The maximum absolute atomic E-state index is 13.1. The molecule has 8 nitrogen and oxygen atoms in total. The number of rotatable bonds is 7. The van der Waals surface area contributed by atoms with Crippen LogP contribution < -0.4 is 14.2 Å². The maximum Gasteiger partial charge on any atom is 0.265 e. The highest BCUT2D eigenvalue weighted by molar-refractivity contribution is 7.92. The summed E-state index contributed by atoms with van der Waals surface area (Å²) in [6.07, 6.45) is 2.65. The van der Waals surface area contributed by atoms with Gasteiger partial charge in [-0.05, 0) is 63.1 Å². The molecule has 2 aromatic rings. The van der Waals surface area contributed by atoms with E-state index in [9.17, 15) is 16.8 Å². The van der Waals surface area contributed by atoms with Gasteiger partial charge >= 0.3 is 0 Å². The van der Waals surface area contributed by atoms with Crippen LogP contribution in [0.3, 0.4) is 0 Å². The van der Waals surface area contributed by atoms with Crippen LogP contribution in [0, 0.1) is 0 Å². The van der Waals surface area contributed by atoms with Crippen molar-refractivity contribution < 1.29 is 26.3 Å². The highest BCUT2D eigenvalue weighted by atomic mass is 32.2. The van der Waals surface area contributed by atoms with Gasteiger partial charge in [-0.1, -0.05) is 6.42 Å². The monoisotopic (exact) mass is 468 g/mol. The van der Waals surface area contributed by atoms with Crippen LogP contribution in [0.2, 0.25) is 0 Å². The largest absolute Gasteiger partial charge is 0.497 e. The van der Waals surface area contributed by atoms with Gasteiger partial charge in [-0.15, -0.1) is 0 Å². The third kappa shape index (κ3) is 4.81. The van der Waals surface area contributed by atoms with Crippen LogP contribution in [0.15, 0.2) is 52.3 Å². The first kappa shape index (κ1) is 23.4. The standard InChI is InChI=1S/C21H28N2O6S2/c1-15-6-5-7-16(2)23(15)31(26,27)19-11-8-17(9-12-19)22-30(24,25)21-14-18(28-3)10-13-20(21)29-4/h8-16,22H,5-7H2,1-4H3. The fraction of sp³-hybridized carbons (Fsp3) is 0.429. The summed E-state index contributed by atoms with van der Waals surface area (Å²) in [4.78, 5) is 0.0528. The number of anilines is 1. The number of ether oxygens (including phenoxy) is 2. The van der Waals surface area contributed by atoms with Crippen LogP contribution in [0.1, 0.15) is 33.1 Å². The van der Waals surface area contributed by atoms with Crippen LogP contribution in [0.25, 0.3) is 0 Å². The van der Waals surface area contributed by atoms with Gasteiger partial charge in [0.2, 0.25) is 10.0 Å². The summed E-state index contributed by atoms with van der Waals surface area (Å²) in [6, 6.07) is 10.0. The molecule has 0 aromatic heterocycles. The van der Waals surface area contributed by atoms with Crippen molar-refractivity contribution in [2.75, 3.05) is 18.9 Å². The van der Waals surface area contributed by atoms with Gasteiger partial charge in [0.05, 0.1) is 19.1 Å². The molecule has 170 valence electrons. The van der Waals surface area contributed by atoms with E-state index in [0.717, 1.165) is 19.3 Å². The Hall–Kier alpha value is -2.30. The Morgan fingerprint density at radius 2 is 1.52 bits per heavy atom. The quantitative estimate of drug-likeness (QED) is 0.668. The summed E-state index contributed by atoms with van der Waals surface area (Å²) in [5.41, 5.74) is 0.239. The number of nitrogens with one attached hydrogen (secondary N) is 1. The first-order valence-electron chi connectivity index (χ1n) is 9.98. The molecule has 0 saturated carbocycles. The molecule has 0 aliphatic carbocycles. The lowest BCUT2D eigenvalue weighted by atomic mass is 10.0. The average molecular weight is 469 g/mol. The normalized spacial score (nSPS) is 20.3. The second-order valence-electron chi connectivity index (χ2n) is 7.61. The minimum Gasteiger partial charge on any atom is -0.497 e. The third-order valence-corrected chi connectivity index (χ3v) is 9.00. The Labute approximate surface area is 184 Å². The molecule has 1 N–H and O–H groups in total. The Morgan fingerprint density at radius 1 is 0.903 bits per heavy atom. The molecule has 1 aliphatic heterocycles. The minimum atomic E-state index is -3.99. The second-order valence-corrected chi connectivity index (χ2v) is 11.1. The molecule has 0 spiro atoms. The number of hydrogen-bond acceptors (Lipinski definition) is 6. The summed E-state index contributed by atoms with van der Waals surface area (Å²) in [5.74, 6) is 0.535. The van der Waals surface area contributed by atoms with E-state index in [1.54, 1.807) is 10.4 Å². The lowest BCUT2D eigenvalue weighted by molar-refractivity contribution is 0.204. The molecule has 0 amide bonds. The van der Waals surface area contributed by atoms with Gasteiger partial charge in [0.25, 0.3) is 10.0 Å². The van der Waals surface area contributed by atoms with E-state index in [-0.39, 0.29) is 33.3 Å². The van der Waals surface area contributed by atoms with Crippen molar-refractivity contribution in [3.05, 3.63) is 42.5 Å². The Balaban J connectivity index is 1.87. The molecule has 1 aliphatic rings. The fourth-order valence-corrected chi connectivity index (χ4v) is 7.02. The predicted octanol–water partition coefficient (Wildman–Crippen LogP) is 3.46. The molecule has 2 unspecified atom stereocenters. The highest BCUT2D eigenvalue weighted by Crippen LogP contribution is 2.32. The van der Waals surface area contributed by atoms with Crippen molar-refractivity contribution in [2.24, 2.45) is 0 Å². The van der Waals surface area contributed by atoms with E-state index in [1.807, 2.05) is 13.8 Å². The molecule has 10 heteroatoms. The molecule has 0 bridgehead atoms. The van der Waals surface area contributed by atoms with Gasteiger partial charge in [-0.3, -0.25) is 4.72 Å². The van der Waals surface area contributed by atoms with Gasteiger partial charge in [-0.2, -0.15) is 4.31 Å². The van der Waals surface area contributed by atoms with Gasteiger partial charge in [0.1, 0.15) is 16.4 Å². The zero-order valence-electron chi connectivity index (χ0n) is 18.0. The number of methoxy groups -OCH3 is 2. The number of benzene rings is 2. The first-order chi connectivity index (χ1) is 14.6. The average Bonchev–Trinajstić information content (AvgIpc) is 2.73. The molecular formula is C21H28N2O6S2. The van der Waals surface area contributed by atoms with Crippen molar-refractivity contribution in [1.29, 1.82) is 0 Å². The van der Waals surface area contributed by atoms with E-state index < -0.39 is 20.0 Å². The van der Waals surface area contributed by atoms with Crippen LogP contribution in [0.4, 0.5) is 5.69 Å². The van der Waals surface area contributed by atoms with Crippen molar-refractivity contribution >= 4 is 25.7 Å². The minimum absolute atomic E-state index is 0.0764. The molecule has 2 aromatic carbocycles. The lowest BCUT2D eigenvalue weighted by Crippen LogP contribution is -2.47. The van der Waals surface area contributed by atoms with Crippen LogP contribution in [-0.2, 0) is 20.0 Å². The molecular weight excluding hydrogens is 440 g/mol. The SMILES string of the molecule is COc1ccc(OC)c(S(=O)(=O)Nc2ccc(S(=O)(=O)N3C(C)CCCC3C)cc2)c1. The van der Waals surface area contributed by atoms with Gasteiger partial charge < -0.3 is 9.47 Å². The maximum atomic E-state index is 13.1. The van der Waals surface area contributed by atoms with E-state index in [1.165, 1.54) is 50.6 Å². The number of hydrogen-bond donors (Lipinski definition) is 1. The highest BCUT2D eigenvalue weighted by Gasteiger charge is 2.35. The summed E-state index contributed by atoms with van der Waals surface area (Å²) < 4.78 is 66.3. The van der Waals surface area contributed by atoms with Crippen molar-refractivity contribution in [3.8, 4) is 11.5 Å². The summed E-state index contributed by atoms with van der Waals surface area (Å²) >= 11 is 0. The van der Waals surface area contributed by atoms with Crippen LogP contribution in [-0.4, -0.2) is 47.4 Å². The number of piperidine rings is 1. The van der Waals surface area contributed by atoms with E-state index >= 15 is 0 Å². The van der Waals surface area contributed by atoms with Crippen molar-refractivity contribution in [2.45, 2.75) is 55.0 Å². The summed E-state index contributed by atoms with van der Waals surface area (Å²) in [7, 11) is -4.85. The number of sulfonamides is 2. The predicted molar refractivity (Wildman–Crippen MR) is 119 cm³/mol. The van der Waals surface area contributed by atoms with E-state index in [0.29, 0.717) is 5.75 Å². The second kappa shape index (κ2) is 9.05. The van der Waals surface area contributed by atoms with Crippen molar-refractivity contribution in [1.82, 2.24) is 4.31 Å². The van der Waals surface area contributed by atoms with Gasteiger partial charge in [0.15, 0.2) is 0 Å². The first-order valence-corrected chi connectivity index (χ1v) is 12.9. The molecule has 31 heavy (non-hydrogen) atoms. The zero-order chi connectivity index (χ0) is 22.8. The molecule has 3 rings (SSSR count). The smallest absolute Gasteiger partial charge is 0.265 e. The molecule has 1 saturated heterocycles. The third-order valence-electron chi connectivity index (χ3n) is 5.45. The Kier molecular flexibility index (Phi) is 6.82. The van der Waals surface area contributed by atoms with Gasteiger partial charge in [-0.25, -0.2) is 16.8 Å². The lowest BCUT2D eigenvalue weighted by Gasteiger charge is -2.37. The summed E-state index contributed by atoms with van der Waals surface area (Å²) in [5, 5.41) is 0. The van der Waals surface area contributed by atoms with Crippen LogP contribution >= 0.6 is 0 Å².